The van der Waals surface area contributed by atoms with E-state index in [1.165, 1.54) is 7.11 Å². The van der Waals surface area contributed by atoms with Gasteiger partial charge in [-0.2, -0.15) is 0 Å². The highest BCUT2D eigenvalue weighted by Crippen LogP contribution is 2.23. The zero-order valence-electron chi connectivity index (χ0n) is 8.64. The highest BCUT2D eigenvalue weighted by molar-refractivity contribution is 9.08. The average molecular weight is 292 g/mol. The Bertz CT molecular complexity index is 377. The van der Waals surface area contributed by atoms with Crippen molar-refractivity contribution in [3.63, 3.8) is 0 Å². The van der Waals surface area contributed by atoms with Crippen LogP contribution in [0.3, 0.4) is 0 Å². The lowest BCUT2D eigenvalue weighted by molar-refractivity contribution is -0.139. The number of alkyl halides is 1. The van der Waals surface area contributed by atoms with Crippen LogP contribution in [0.4, 0.5) is 0 Å². The second-order valence-corrected chi connectivity index (χ2v) is 4.22. The number of aryl methyl sites for hydroxylation is 1. The number of esters is 1. The predicted octanol–water partition coefficient (Wildman–Crippen LogP) is 3.26. The number of methoxy groups -OCH3 is 1. The van der Waals surface area contributed by atoms with Gasteiger partial charge in [-0.05, 0) is 29.7 Å². The molecule has 0 unspecified atom stereocenters. The highest BCUT2D eigenvalue weighted by atomic mass is 79.9. The van der Waals surface area contributed by atoms with Crippen LogP contribution >= 0.6 is 27.5 Å². The summed E-state index contributed by atoms with van der Waals surface area (Å²) in [5, 5.41) is 1.37. The van der Waals surface area contributed by atoms with E-state index in [0.29, 0.717) is 5.02 Å². The third kappa shape index (κ3) is 3.21. The van der Waals surface area contributed by atoms with E-state index in [2.05, 4.69) is 20.7 Å². The van der Waals surface area contributed by atoms with E-state index in [4.69, 9.17) is 11.6 Å². The number of ether oxygens (including phenoxy) is 1. The summed E-state index contributed by atoms with van der Waals surface area (Å²) in [5.74, 6) is -0.275. The molecule has 0 aliphatic carbocycles. The molecule has 0 saturated carbocycles. The fourth-order valence-corrected chi connectivity index (χ4v) is 2.15. The number of halogens is 2. The molecule has 1 aromatic rings. The molecule has 1 rings (SSSR count). The van der Waals surface area contributed by atoms with Crippen LogP contribution < -0.4 is 0 Å². The fourth-order valence-electron chi connectivity index (χ4n) is 1.29. The largest absolute Gasteiger partial charge is 0.469 e. The second-order valence-electron chi connectivity index (χ2n) is 3.26. The summed E-state index contributed by atoms with van der Waals surface area (Å²) in [5.41, 5.74) is 3.06. The van der Waals surface area contributed by atoms with Gasteiger partial charge in [0.15, 0.2) is 0 Å². The van der Waals surface area contributed by atoms with Gasteiger partial charge in [-0.15, -0.1) is 0 Å². The monoisotopic (exact) mass is 290 g/mol. The Labute approximate surface area is 103 Å². The van der Waals surface area contributed by atoms with E-state index in [0.717, 1.165) is 22.0 Å². The third-order valence-corrected chi connectivity index (χ3v) is 3.17. The molecule has 0 radical (unpaired) electrons. The van der Waals surface area contributed by atoms with Crippen molar-refractivity contribution in [1.29, 1.82) is 0 Å². The molecule has 4 heteroatoms. The number of rotatable bonds is 3. The van der Waals surface area contributed by atoms with E-state index >= 15 is 0 Å². The number of hydrogen-bond acceptors (Lipinski definition) is 2. The Morgan fingerprint density at radius 2 is 2.13 bits per heavy atom. The standard InChI is InChI=1S/C11H12BrClO2/c1-7-3-8(5-11(14)15-2)10(13)4-9(7)6-12/h3-4H,5-6H2,1-2H3. The number of carbonyl (C=O) groups excluding carboxylic acids is 1. The van der Waals surface area contributed by atoms with Crippen molar-refractivity contribution in [2.24, 2.45) is 0 Å². The minimum atomic E-state index is -0.275. The lowest BCUT2D eigenvalue weighted by atomic mass is 10.0. The first-order chi connectivity index (χ1) is 7.08. The molecule has 82 valence electrons. The summed E-state index contributed by atoms with van der Waals surface area (Å²) < 4.78 is 4.60. The Balaban J connectivity index is 3.00. The van der Waals surface area contributed by atoms with Crippen LogP contribution in [0.25, 0.3) is 0 Å². The molecule has 0 atom stereocenters. The molecule has 0 spiro atoms. The number of benzene rings is 1. The second kappa shape index (κ2) is 5.52. The molecule has 0 heterocycles. The molecule has 0 aromatic heterocycles. The van der Waals surface area contributed by atoms with Crippen LogP contribution in [0, 0.1) is 6.92 Å². The van der Waals surface area contributed by atoms with Crippen molar-refractivity contribution in [3.8, 4) is 0 Å². The maximum absolute atomic E-state index is 11.1. The van der Waals surface area contributed by atoms with Gasteiger partial charge in [-0.25, -0.2) is 0 Å². The van der Waals surface area contributed by atoms with Gasteiger partial charge in [0.1, 0.15) is 0 Å². The van der Waals surface area contributed by atoms with Gasteiger partial charge in [-0.1, -0.05) is 33.6 Å². The van der Waals surface area contributed by atoms with Crippen molar-refractivity contribution in [1.82, 2.24) is 0 Å². The summed E-state index contributed by atoms with van der Waals surface area (Å²) in [6, 6.07) is 3.81. The van der Waals surface area contributed by atoms with Gasteiger partial charge >= 0.3 is 5.97 Å². The van der Waals surface area contributed by atoms with E-state index in [9.17, 15) is 4.79 Å². The number of carbonyl (C=O) groups is 1. The van der Waals surface area contributed by atoms with Gasteiger partial charge in [-0.3, -0.25) is 4.79 Å². The van der Waals surface area contributed by atoms with Crippen LogP contribution in [-0.4, -0.2) is 13.1 Å². The topological polar surface area (TPSA) is 26.3 Å². The van der Waals surface area contributed by atoms with Crippen LogP contribution in [0.1, 0.15) is 16.7 Å². The molecular formula is C11H12BrClO2. The summed E-state index contributed by atoms with van der Waals surface area (Å²) >= 11 is 9.43. The van der Waals surface area contributed by atoms with E-state index in [1.54, 1.807) is 0 Å². The SMILES string of the molecule is COC(=O)Cc1cc(C)c(CBr)cc1Cl. The normalized spacial score (nSPS) is 10.1. The first kappa shape index (κ1) is 12.5. The summed E-state index contributed by atoms with van der Waals surface area (Å²) in [4.78, 5) is 11.1. The molecular weight excluding hydrogens is 279 g/mol. The molecule has 0 aliphatic heterocycles. The van der Waals surface area contributed by atoms with Crippen LogP contribution in [0.5, 0.6) is 0 Å². The number of hydrogen-bond donors (Lipinski definition) is 0. The van der Waals surface area contributed by atoms with Crippen molar-refractivity contribution < 1.29 is 9.53 Å². The van der Waals surface area contributed by atoms with Gasteiger partial charge in [0.05, 0.1) is 13.5 Å². The minimum absolute atomic E-state index is 0.221. The Morgan fingerprint density at radius 3 is 2.67 bits per heavy atom. The first-order valence-electron chi connectivity index (χ1n) is 4.49. The molecule has 0 fully saturated rings. The summed E-state index contributed by atoms with van der Waals surface area (Å²) in [6.07, 6.45) is 0.221. The molecule has 2 nitrogen and oxygen atoms in total. The maximum atomic E-state index is 11.1. The smallest absolute Gasteiger partial charge is 0.310 e. The lowest BCUT2D eigenvalue weighted by Crippen LogP contribution is -2.05. The van der Waals surface area contributed by atoms with E-state index in [-0.39, 0.29) is 12.4 Å². The first-order valence-corrected chi connectivity index (χ1v) is 5.99. The molecule has 0 bridgehead atoms. The quantitative estimate of drug-likeness (QED) is 0.631. The van der Waals surface area contributed by atoms with Crippen molar-refractivity contribution in [2.75, 3.05) is 7.11 Å². The van der Waals surface area contributed by atoms with Crippen LogP contribution in [-0.2, 0) is 21.3 Å². The third-order valence-electron chi connectivity index (χ3n) is 2.21. The fraction of sp³-hybridized carbons (Fsp3) is 0.364. The Hall–Kier alpha value is -0.540. The minimum Gasteiger partial charge on any atom is -0.469 e. The molecule has 15 heavy (non-hydrogen) atoms. The molecule has 0 aliphatic rings. The Morgan fingerprint density at radius 1 is 1.47 bits per heavy atom. The molecule has 0 saturated heterocycles. The zero-order chi connectivity index (χ0) is 11.4. The van der Waals surface area contributed by atoms with Gasteiger partial charge < -0.3 is 4.74 Å². The van der Waals surface area contributed by atoms with Crippen molar-refractivity contribution in [3.05, 3.63) is 33.8 Å². The summed E-state index contributed by atoms with van der Waals surface area (Å²) in [7, 11) is 1.37. The zero-order valence-corrected chi connectivity index (χ0v) is 11.0. The highest BCUT2D eigenvalue weighted by Gasteiger charge is 2.09. The van der Waals surface area contributed by atoms with Crippen LogP contribution in [0.2, 0.25) is 5.02 Å². The summed E-state index contributed by atoms with van der Waals surface area (Å²) in [6.45, 7) is 1.99. The van der Waals surface area contributed by atoms with Crippen molar-refractivity contribution >= 4 is 33.5 Å². The maximum Gasteiger partial charge on any atom is 0.310 e. The predicted molar refractivity (Wildman–Crippen MR) is 64.5 cm³/mol. The molecule has 0 amide bonds. The molecule has 1 aromatic carbocycles. The van der Waals surface area contributed by atoms with Crippen molar-refractivity contribution in [2.45, 2.75) is 18.7 Å². The molecule has 0 N–H and O–H groups in total. The lowest BCUT2D eigenvalue weighted by Gasteiger charge is -2.08. The van der Waals surface area contributed by atoms with E-state index < -0.39 is 0 Å². The van der Waals surface area contributed by atoms with Gasteiger partial charge in [0.25, 0.3) is 0 Å². The van der Waals surface area contributed by atoms with Gasteiger partial charge in [0.2, 0.25) is 0 Å². The average Bonchev–Trinajstić information content (AvgIpc) is 2.22. The van der Waals surface area contributed by atoms with E-state index in [1.807, 2.05) is 19.1 Å². The Kier molecular flexibility index (Phi) is 4.61. The van der Waals surface area contributed by atoms with Gasteiger partial charge in [0, 0.05) is 10.4 Å². The van der Waals surface area contributed by atoms with Crippen LogP contribution in [0.15, 0.2) is 12.1 Å².